The summed E-state index contributed by atoms with van der Waals surface area (Å²) in [5, 5.41) is 1.20. The maximum Gasteiger partial charge on any atom is 0.137 e. The van der Waals surface area contributed by atoms with Gasteiger partial charge in [-0.1, -0.05) is 12.1 Å². The van der Waals surface area contributed by atoms with E-state index in [2.05, 4.69) is 28.2 Å². The van der Waals surface area contributed by atoms with E-state index in [1.54, 1.807) is 19.4 Å². The van der Waals surface area contributed by atoms with E-state index in [-0.39, 0.29) is 0 Å². The fourth-order valence-corrected chi connectivity index (χ4v) is 1.81. The second-order valence-corrected chi connectivity index (χ2v) is 3.78. The van der Waals surface area contributed by atoms with Crippen LogP contribution in [-0.2, 0) is 0 Å². The summed E-state index contributed by atoms with van der Waals surface area (Å²) in [6, 6.07) is 13.1. The van der Waals surface area contributed by atoms with Gasteiger partial charge in [0.1, 0.15) is 5.75 Å². The standard InChI is InChI=1S/C14H11N2O/c1-17-12-4-5-13(16-9-12)11-3-2-10-6-7-15-14(10)8-11/h2-4,6-9,15H,1H3. The lowest BCUT2D eigenvalue weighted by molar-refractivity contribution is 0.413. The fraction of sp³-hybridized carbons (Fsp3) is 0.0714. The van der Waals surface area contributed by atoms with Gasteiger partial charge in [0.2, 0.25) is 0 Å². The summed E-state index contributed by atoms with van der Waals surface area (Å²) in [5.74, 6) is 0.717. The Labute approximate surface area is 99.1 Å². The summed E-state index contributed by atoms with van der Waals surface area (Å²) in [7, 11) is 1.62. The molecule has 83 valence electrons. The number of rotatable bonds is 2. The average molecular weight is 223 g/mol. The molecule has 0 fully saturated rings. The third kappa shape index (κ3) is 1.76. The van der Waals surface area contributed by atoms with Crippen LogP contribution in [0.4, 0.5) is 0 Å². The van der Waals surface area contributed by atoms with Gasteiger partial charge < -0.3 is 9.72 Å². The Kier molecular flexibility index (Phi) is 2.29. The van der Waals surface area contributed by atoms with Crippen LogP contribution in [0.25, 0.3) is 22.2 Å². The van der Waals surface area contributed by atoms with Gasteiger partial charge in [-0.3, -0.25) is 4.98 Å². The highest BCUT2D eigenvalue weighted by Crippen LogP contribution is 2.22. The van der Waals surface area contributed by atoms with E-state index >= 15 is 0 Å². The molecule has 0 amide bonds. The molecule has 2 heterocycles. The smallest absolute Gasteiger partial charge is 0.137 e. The summed E-state index contributed by atoms with van der Waals surface area (Å²) in [4.78, 5) is 7.50. The SMILES string of the molecule is COc1c[c]c(-c2ccc3cc[nH]c3c2)nc1. The topological polar surface area (TPSA) is 37.9 Å². The number of ether oxygens (including phenoxy) is 1. The molecule has 3 rings (SSSR count). The van der Waals surface area contributed by atoms with Crippen LogP contribution in [0.5, 0.6) is 5.75 Å². The predicted octanol–water partition coefficient (Wildman–Crippen LogP) is 3.04. The molecule has 0 unspecified atom stereocenters. The van der Waals surface area contributed by atoms with Crippen molar-refractivity contribution < 1.29 is 4.74 Å². The van der Waals surface area contributed by atoms with E-state index in [1.807, 2.05) is 18.3 Å². The van der Waals surface area contributed by atoms with Crippen molar-refractivity contribution in [2.45, 2.75) is 0 Å². The van der Waals surface area contributed by atoms with Crippen molar-refractivity contribution in [2.75, 3.05) is 7.11 Å². The minimum absolute atomic E-state index is 0.717. The molecule has 1 radical (unpaired) electrons. The summed E-state index contributed by atoms with van der Waals surface area (Å²) >= 11 is 0. The zero-order chi connectivity index (χ0) is 11.7. The van der Waals surface area contributed by atoms with Gasteiger partial charge >= 0.3 is 0 Å². The molecule has 0 atom stereocenters. The zero-order valence-corrected chi connectivity index (χ0v) is 9.40. The lowest BCUT2D eigenvalue weighted by Gasteiger charge is -2.02. The minimum atomic E-state index is 0.717. The Morgan fingerprint density at radius 1 is 1.29 bits per heavy atom. The molecule has 0 saturated heterocycles. The number of hydrogen-bond acceptors (Lipinski definition) is 2. The monoisotopic (exact) mass is 223 g/mol. The van der Waals surface area contributed by atoms with Gasteiger partial charge in [0.05, 0.1) is 19.0 Å². The van der Waals surface area contributed by atoms with Crippen LogP contribution in [0, 0.1) is 6.07 Å². The zero-order valence-electron chi connectivity index (χ0n) is 9.40. The maximum atomic E-state index is 5.06. The highest BCUT2D eigenvalue weighted by atomic mass is 16.5. The molecule has 3 heteroatoms. The van der Waals surface area contributed by atoms with Gasteiger partial charge in [-0.05, 0) is 23.6 Å². The van der Waals surface area contributed by atoms with Crippen molar-refractivity contribution in [1.29, 1.82) is 0 Å². The Balaban J connectivity index is 2.06. The molecule has 0 spiro atoms. The second kappa shape index (κ2) is 3.94. The first-order valence-electron chi connectivity index (χ1n) is 5.36. The summed E-state index contributed by atoms with van der Waals surface area (Å²) in [5.41, 5.74) is 2.97. The molecular formula is C14H11N2O. The van der Waals surface area contributed by atoms with Crippen LogP contribution >= 0.6 is 0 Å². The minimum Gasteiger partial charge on any atom is -0.495 e. The first-order chi connectivity index (χ1) is 8.36. The number of aromatic amines is 1. The maximum absolute atomic E-state index is 5.06. The van der Waals surface area contributed by atoms with Crippen molar-refractivity contribution in [2.24, 2.45) is 0 Å². The second-order valence-electron chi connectivity index (χ2n) is 3.78. The number of benzene rings is 1. The van der Waals surface area contributed by atoms with Gasteiger partial charge in [0.25, 0.3) is 0 Å². The Morgan fingerprint density at radius 3 is 3.00 bits per heavy atom. The van der Waals surface area contributed by atoms with Gasteiger partial charge in [-0.2, -0.15) is 0 Å². The third-order valence-electron chi connectivity index (χ3n) is 2.74. The number of nitrogens with zero attached hydrogens (tertiary/aromatic N) is 1. The normalized spacial score (nSPS) is 10.6. The van der Waals surface area contributed by atoms with Gasteiger partial charge in [0, 0.05) is 23.3 Å². The van der Waals surface area contributed by atoms with Crippen LogP contribution in [0.1, 0.15) is 0 Å². The molecule has 3 nitrogen and oxygen atoms in total. The van der Waals surface area contributed by atoms with Crippen molar-refractivity contribution in [3.63, 3.8) is 0 Å². The number of nitrogens with one attached hydrogen (secondary N) is 1. The Morgan fingerprint density at radius 2 is 2.24 bits per heavy atom. The Bertz CT molecular complexity index is 641. The van der Waals surface area contributed by atoms with Crippen molar-refractivity contribution in [1.82, 2.24) is 9.97 Å². The molecule has 0 bridgehead atoms. The lowest BCUT2D eigenvalue weighted by atomic mass is 10.1. The fourth-order valence-electron chi connectivity index (χ4n) is 1.81. The number of fused-ring (bicyclic) bond motifs is 1. The highest BCUT2D eigenvalue weighted by molar-refractivity contribution is 5.84. The highest BCUT2D eigenvalue weighted by Gasteiger charge is 2.02. The molecule has 0 saturated carbocycles. The number of aromatic nitrogens is 2. The first kappa shape index (κ1) is 9.90. The van der Waals surface area contributed by atoms with Crippen LogP contribution in [0.15, 0.2) is 42.7 Å². The van der Waals surface area contributed by atoms with Gasteiger partial charge in [-0.25, -0.2) is 0 Å². The van der Waals surface area contributed by atoms with Crippen LogP contribution in [-0.4, -0.2) is 17.1 Å². The predicted molar refractivity (Wildman–Crippen MR) is 66.9 cm³/mol. The number of hydrogen-bond donors (Lipinski definition) is 1. The van der Waals surface area contributed by atoms with Crippen molar-refractivity contribution in [3.05, 3.63) is 48.8 Å². The molecule has 0 aliphatic carbocycles. The van der Waals surface area contributed by atoms with Crippen molar-refractivity contribution in [3.8, 4) is 17.0 Å². The molecule has 0 aliphatic rings. The third-order valence-corrected chi connectivity index (χ3v) is 2.74. The molecule has 17 heavy (non-hydrogen) atoms. The summed E-state index contributed by atoms with van der Waals surface area (Å²) < 4.78 is 5.06. The Hall–Kier alpha value is -2.29. The van der Waals surface area contributed by atoms with Gasteiger partial charge in [-0.15, -0.1) is 0 Å². The summed E-state index contributed by atoms with van der Waals surface area (Å²) in [6.45, 7) is 0. The number of H-pyrrole nitrogens is 1. The van der Waals surface area contributed by atoms with E-state index in [4.69, 9.17) is 4.74 Å². The van der Waals surface area contributed by atoms with Crippen LogP contribution in [0.3, 0.4) is 0 Å². The van der Waals surface area contributed by atoms with E-state index < -0.39 is 0 Å². The quantitative estimate of drug-likeness (QED) is 0.725. The first-order valence-corrected chi connectivity index (χ1v) is 5.36. The molecule has 1 N–H and O–H groups in total. The molecule has 1 aromatic carbocycles. The molecule has 2 aromatic heterocycles. The van der Waals surface area contributed by atoms with Crippen molar-refractivity contribution >= 4 is 10.9 Å². The largest absolute Gasteiger partial charge is 0.495 e. The molecular weight excluding hydrogens is 212 g/mol. The molecule has 3 aromatic rings. The molecule has 0 aliphatic heterocycles. The van der Waals surface area contributed by atoms with E-state index in [0.717, 1.165) is 22.5 Å². The van der Waals surface area contributed by atoms with Crippen LogP contribution in [0.2, 0.25) is 0 Å². The van der Waals surface area contributed by atoms with E-state index in [9.17, 15) is 0 Å². The lowest BCUT2D eigenvalue weighted by Crippen LogP contribution is -1.87. The summed E-state index contributed by atoms with van der Waals surface area (Å²) in [6.07, 6.45) is 3.63. The number of pyridine rings is 1. The van der Waals surface area contributed by atoms with Crippen LogP contribution < -0.4 is 4.74 Å². The average Bonchev–Trinajstić information content (AvgIpc) is 2.86. The van der Waals surface area contributed by atoms with Gasteiger partial charge in [0.15, 0.2) is 0 Å². The van der Waals surface area contributed by atoms with E-state index in [0.29, 0.717) is 0 Å². The van der Waals surface area contributed by atoms with E-state index in [1.165, 1.54) is 5.39 Å². The number of methoxy groups -OCH3 is 1.